The highest BCUT2D eigenvalue weighted by molar-refractivity contribution is 5.86. The number of benzene rings is 2. The van der Waals surface area contributed by atoms with Crippen LogP contribution in [0.15, 0.2) is 36.4 Å². The minimum Gasteiger partial charge on any atom is -0.388 e. The van der Waals surface area contributed by atoms with E-state index in [4.69, 9.17) is 0 Å². The van der Waals surface area contributed by atoms with Crippen molar-refractivity contribution in [2.24, 2.45) is 5.92 Å². The fourth-order valence-corrected chi connectivity index (χ4v) is 2.96. The lowest BCUT2D eigenvalue weighted by molar-refractivity contribution is 0.0901. The predicted molar refractivity (Wildman–Crippen MR) is 74.5 cm³/mol. The third kappa shape index (κ3) is 2.36. The van der Waals surface area contributed by atoms with Gasteiger partial charge in [0.25, 0.3) is 0 Å². The average Bonchev–Trinajstić information content (AvgIpc) is 2.48. The molecule has 0 bridgehead atoms. The van der Waals surface area contributed by atoms with E-state index in [9.17, 15) is 9.50 Å². The molecule has 0 amide bonds. The number of fused-ring (bicyclic) bond motifs is 1. The molecule has 3 rings (SSSR count). The molecule has 1 heterocycles. The Labute approximate surface area is 112 Å². The minimum absolute atomic E-state index is 0.225. The number of aliphatic hydroxyl groups excluding tert-OH is 1. The van der Waals surface area contributed by atoms with Crippen molar-refractivity contribution in [3.05, 3.63) is 47.8 Å². The van der Waals surface area contributed by atoms with E-state index in [1.807, 2.05) is 18.2 Å². The van der Waals surface area contributed by atoms with Crippen LogP contribution in [-0.4, -0.2) is 18.2 Å². The summed E-state index contributed by atoms with van der Waals surface area (Å²) in [6.07, 6.45) is 1.42. The molecule has 0 aromatic heterocycles. The maximum atomic E-state index is 13.8. The first-order chi connectivity index (χ1) is 9.27. The van der Waals surface area contributed by atoms with E-state index in [1.165, 1.54) is 6.07 Å². The molecule has 19 heavy (non-hydrogen) atoms. The number of hydrogen-bond acceptors (Lipinski definition) is 2. The molecule has 100 valence electrons. The molecular weight excluding hydrogens is 241 g/mol. The molecule has 3 heteroatoms. The Morgan fingerprint density at radius 3 is 2.47 bits per heavy atom. The molecule has 1 atom stereocenters. The number of halogens is 1. The van der Waals surface area contributed by atoms with Gasteiger partial charge in [-0.1, -0.05) is 30.3 Å². The van der Waals surface area contributed by atoms with Crippen LogP contribution in [0.5, 0.6) is 0 Å². The summed E-state index contributed by atoms with van der Waals surface area (Å²) in [5.41, 5.74) is 0.851. The lowest BCUT2D eigenvalue weighted by atomic mass is 9.86. The van der Waals surface area contributed by atoms with E-state index >= 15 is 0 Å². The van der Waals surface area contributed by atoms with Crippen LogP contribution in [0.1, 0.15) is 24.5 Å². The monoisotopic (exact) mass is 259 g/mol. The van der Waals surface area contributed by atoms with E-state index in [1.54, 1.807) is 12.1 Å². The summed E-state index contributed by atoms with van der Waals surface area (Å²) in [5.74, 6) is 0.0342. The van der Waals surface area contributed by atoms with E-state index in [2.05, 4.69) is 5.32 Å². The molecule has 2 N–H and O–H groups in total. The van der Waals surface area contributed by atoms with Gasteiger partial charge in [0.05, 0.1) is 6.10 Å². The lowest BCUT2D eigenvalue weighted by Crippen LogP contribution is -2.30. The number of hydrogen-bond donors (Lipinski definition) is 2. The van der Waals surface area contributed by atoms with Crippen molar-refractivity contribution in [2.75, 3.05) is 13.1 Å². The quantitative estimate of drug-likeness (QED) is 0.869. The third-order valence-electron chi connectivity index (χ3n) is 4.05. The van der Waals surface area contributed by atoms with Gasteiger partial charge in [0, 0.05) is 5.39 Å². The standard InChI is InChI=1S/C16H18FNO/c17-15-6-5-14(12-3-1-2-4-13(12)15)16(19)11-7-9-18-10-8-11/h1-6,11,16,18-19H,7-10H2. The number of rotatable bonds is 2. The summed E-state index contributed by atoms with van der Waals surface area (Å²) < 4.78 is 13.8. The van der Waals surface area contributed by atoms with Gasteiger partial charge in [0.15, 0.2) is 0 Å². The van der Waals surface area contributed by atoms with Crippen LogP contribution < -0.4 is 5.32 Å². The van der Waals surface area contributed by atoms with E-state index in [0.29, 0.717) is 5.39 Å². The molecule has 1 aliphatic heterocycles. The molecule has 2 aromatic rings. The summed E-state index contributed by atoms with van der Waals surface area (Å²) in [6.45, 7) is 1.89. The Bertz CT molecular complexity index is 578. The summed E-state index contributed by atoms with van der Waals surface area (Å²) in [6, 6.07) is 10.6. The van der Waals surface area contributed by atoms with Gasteiger partial charge in [-0.3, -0.25) is 0 Å². The molecule has 1 aliphatic rings. The highest BCUT2D eigenvalue weighted by Crippen LogP contribution is 2.33. The van der Waals surface area contributed by atoms with Gasteiger partial charge in [-0.2, -0.15) is 0 Å². The zero-order valence-corrected chi connectivity index (χ0v) is 10.8. The van der Waals surface area contributed by atoms with Gasteiger partial charge in [0.2, 0.25) is 0 Å². The van der Waals surface area contributed by atoms with Crippen molar-refractivity contribution in [1.82, 2.24) is 5.32 Å². The second kappa shape index (κ2) is 5.27. The van der Waals surface area contributed by atoms with Crippen molar-refractivity contribution in [3.63, 3.8) is 0 Å². The number of piperidine rings is 1. The second-order valence-electron chi connectivity index (χ2n) is 5.21. The first kappa shape index (κ1) is 12.6. The summed E-state index contributed by atoms with van der Waals surface area (Å²) in [5, 5.41) is 15.3. The van der Waals surface area contributed by atoms with Crippen LogP contribution in [0.3, 0.4) is 0 Å². The highest BCUT2D eigenvalue weighted by Gasteiger charge is 2.24. The Kier molecular flexibility index (Phi) is 3.49. The maximum Gasteiger partial charge on any atom is 0.131 e. The smallest absolute Gasteiger partial charge is 0.131 e. The van der Waals surface area contributed by atoms with Crippen LogP contribution in [-0.2, 0) is 0 Å². The van der Waals surface area contributed by atoms with Crippen LogP contribution in [0.25, 0.3) is 10.8 Å². The van der Waals surface area contributed by atoms with Crippen molar-refractivity contribution < 1.29 is 9.50 Å². The Hall–Kier alpha value is -1.45. The van der Waals surface area contributed by atoms with Crippen LogP contribution >= 0.6 is 0 Å². The normalized spacial score (nSPS) is 18.6. The van der Waals surface area contributed by atoms with Gasteiger partial charge in [0.1, 0.15) is 5.82 Å². The van der Waals surface area contributed by atoms with Gasteiger partial charge in [-0.15, -0.1) is 0 Å². The maximum absolute atomic E-state index is 13.8. The third-order valence-corrected chi connectivity index (χ3v) is 4.05. The van der Waals surface area contributed by atoms with Gasteiger partial charge in [-0.25, -0.2) is 4.39 Å². The molecular formula is C16H18FNO. The summed E-state index contributed by atoms with van der Waals surface area (Å²) in [7, 11) is 0. The molecule has 1 fully saturated rings. The van der Waals surface area contributed by atoms with Crippen molar-refractivity contribution in [3.8, 4) is 0 Å². The Morgan fingerprint density at radius 2 is 1.74 bits per heavy atom. The average molecular weight is 259 g/mol. The van der Waals surface area contributed by atoms with E-state index in [-0.39, 0.29) is 11.7 Å². The fourth-order valence-electron chi connectivity index (χ4n) is 2.96. The Balaban J connectivity index is 2.02. The lowest BCUT2D eigenvalue weighted by Gasteiger charge is -2.28. The van der Waals surface area contributed by atoms with Gasteiger partial charge >= 0.3 is 0 Å². The first-order valence-corrected chi connectivity index (χ1v) is 6.83. The fraction of sp³-hybridized carbons (Fsp3) is 0.375. The topological polar surface area (TPSA) is 32.3 Å². The molecule has 0 aliphatic carbocycles. The zero-order valence-electron chi connectivity index (χ0n) is 10.8. The zero-order chi connectivity index (χ0) is 13.2. The summed E-state index contributed by atoms with van der Waals surface area (Å²) >= 11 is 0. The number of aliphatic hydroxyl groups is 1. The molecule has 2 nitrogen and oxygen atoms in total. The SMILES string of the molecule is OC(c1ccc(F)c2ccccc12)C1CCNCC1. The number of nitrogens with one attached hydrogen (secondary N) is 1. The molecule has 0 saturated carbocycles. The van der Waals surface area contributed by atoms with Gasteiger partial charge in [-0.05, 0) is 48.9 Å². The molecule has 0 spiro atoms. The molecule has 2 aromatic carbocycles. The molecule has 1 unspecified atom stereocenters. The largest absolute Gasteiger partial charge is 0.388 e. The van der Waals surface area contributed by atoms with E-state index < -0.39 is 6.10 Å². The van der Waals surface area contributed by atoms with Crippen LogP contribution in [0.2, 0.25) is 0 Å². The van der Waals surface area contributed by atoms with Crippen molar-refractivity contribution >= 4 is 10.8 Å². The first-order valence-electron chi connectivity index (χ1n) is 6.83. The molecule has 1 saturated heterocycles. The van der Waals surface area contributed by atoms with Crippen molar-refractivity contribution in [1.29, 1.82) is 0 Å². The van der Waals surface area contributed by atoms with E-state index in [0.717, 1.165) is 36.9 Å². The van der Waals surface area contributed by atoms with Gasteiger partial charge < -0.3 is 10.4 Å². The highest BCUT2D eigenvalue weighted by atomic mass is 19.1. The predicted octanol–water partition coefficient (Wildman–Crippen LogP) is 3.01. The minimum atomic E-state index is -0.507. The van der Waals surface area contributed by atoms with Crippen LogP contribution in [0, 0.1) is 11.7 Å². The summed E-state index contributed by atoms with van der Waals surface area (Å²) in [4.78, 5) is 0. The molecule has 0 radical (unpaired) electrons. The van der Waals surface area contributed by atoms with Crippen molar-refractivity contribution in [2.45, 2.75) is 18.9 Å². The second-order valence-corrected chi connectivity index (χ2v) is 5.21. The Morgan fingerprint density at radius 1 is 1.05 bits per heavy atom. The van der Waals surface area contributed by atoms with Crippen LogP contribution in [0.4, 0.5) is 4.39 Å².